The molecule has 2 aromatic carbocycles. The van der Waals surface area contributed by atoms with Gasteiger partial charge in [-0.05, 0) is 36.8 Å². The van der Waals surface area contributed by atoms with Gasteiger partial charge in [0, 0.05) is 36.4 Å². The molecule has 10 nitrogen and oxygen atoms in total. The van der Waals surface area contributed by atoms with Gasteiger partial charge in [-0.15, -0.1) is 0 Å². The number of ether oxygens (including phenoxy) is 1. The highest BCUT2D eigenvalue weighted by Crippen LogP contribution is 2.22. The minimum absolute atomic E-state index is 0.0342. The van der Waals surface area contributed by atoms with Crippen LogP contribution in [0.5, 0.6) is 5.75 Å². The second kappa shape index (κ2) is 9.39. The molecule has 0 saturated carbocycles. The first-order valence-electron chi connectivity index (χ1n) is 10.0. The number of aliphatic hydroxyl groups is 1. The number of rotatable bonds is 10. The highest BCUT2D eigenvalue weighted by Gasteiger charge is 2.16. The van der Waals surface area contributed by atoms with Crippen molar-refractivity contribution in [1.82, 2.24) is 25.7 Å². The second-order valence-electron chi connectivity index (χ2n) is 7.25. The summed E-state index contributed by atoms with van der Waals surface area (Å²) >= 11 is 0. The molecule has 4 aromatic rings. The van der Waals surface area contributed by atoms with Gasteiger partial charge in [-0.25, -0.2) is 8.42 Å². The molecule has 5 N–H and O–H groups in total. The lowest BCUT2D eigenvalue weighted by Crippen LogP contribution is -2.26. The first-order chi connectivity index (χ1) is 15.4. The van der Waals surface area contributed by atoms with Crippen LogP contribution in [-0.2, 0) is 10.0 Å². The summed E-state index contributed by atoms with van der Waals surface area (Å²) in [7, 11) is -3.74. The zero-order valence-corrected chi connectivity index (χ0v) is 18.2. The van der Waals surface area contributed by atoms with Crippen molar-refractivity contribution < 1.29 is 18.3 Å². The predicted octanol–water partition coefficient (Wildman–Crippen LogP) is 2.10. The fraction of sp³-hybridized carbons (Fsp3) is 0.238. The summed E-state index contributed by atoms with van der Waals surface area (Å²) < 4.78 is 32.8. The number of aromatic nitrogens is 4. The van der Waals surface area contributed by atoms with E-state index < -0.39 is 16.1 Å². The van der Waals surface area contributed by atoms with Crippen LogP contribution >= 0.6 is 0 Å². The number of nitrogens with one attached hydrogen (secondary N) is 4. The van der Waals surface area contributed by atoms with E-state index in [1.54, 1.807) is 24.3 Å². The molecular weight excluding hydrogens is 432 g/mol. The maximum absolute atomic E-state index is 12.3. The third-order valence-corrected chi connectivity index (χ3v) is 6.27. The molecule has 0 bridgehead atoms. The maximum Gasteiger partial charge on any atom is 0.265 e. The van der Waals surface area contributed by atoms with E-state index >= 15 is 0 Å². The highest BCUT2D eigenvalue weighted by atomic mass is 32.2. The lowest BCUT2D eigenvalue weighted by atomic mass is 10.1. The number of nitrogens with zero attached hydrogens (tertiary/aromatic N) is 2. The van der Waals surface area contributed by atoms with Crippen molar-refractivity contribution in [3.05, 3.63) is 66.1 Å². The molecule has 0 spiro atoms. The zero-order valence-electron chi connectivity index (χ0n) is 17.4. The number of hydrogen-bond donors (Lipinski definition) is 5. The number of anilines is 1. The lowest BCUT2D eigenvalue weighted by molar-refractivity contribution is 0.172. The molecule has 0 amide bonds. The Morgan fingerprint density at radius 2 is 2.09 bits per heavy atom. The predicted molar refractivity (Wildman–Crippen MR) is 120 cm³/mol. The van der Waals surface area contributed by atoms with Gasteiger partial charge in [0.2, 0.25) is 0 Å². The Kier molecular flexibility index (Phi) is 6.40. The van der Waals surface area contributed by atoms with Crippen LogP contribution in [0.1, 0.15) is 17.4 Å². The number of sulfonamides is 1. The van der Waals surface area contributed by atoms with Crippen molar-refractivity contribution >= 4 is 26.6 Å². The molecule has 0 radical (unpaired) electrons. The Hall–Kier alpha value is -3.41. The first kappa shape index (κ1) is 21.8. The highest BCUT2D eigenvalue weighted by molar-refractivity contribution is 7.92. The third kappa shape index (κ3) is 5.07. The van der Waals surface area contributed by atoms with Crippen LogP contribution in [0.4, 0.5) is 5.69 Å². The molecule has 0 fully saturated rings. The first-order valence-corrected chi connectivity index (χ1v) is 11.5. The van der Waals surface area contributed by atoms with E-state index in [0.29, 0.717) is 30.9 Å². The van der Waals surface area contributed by atoms with Crippen molar-refractivity contribution in [2.75, 3.05) is 24.4 Å². The molecular formula is C21H24N6O4S. The Bertz CT molecular complexity index is 1290. The summed E-state index contributed by atoms with van der Waals surface area (Å²) in [5, 5.41) is 27.9. The molecule has 0 unspecified atom stereocenters. The van der Waals surface area contributed by atoms with Gasteiger partial charge in [-0.3, -0.25) is 14.9 Å². The lowest BCUT2D eigenvalue weighted by Gasteiger charge is -2.14. The Balaban J connectivity index is 1.25. The second-order valence-corrected chi connectivity index (χ2v) is 8.93. The van der Waals surface area contributed by atoms with Gasteiger partial charge in [0.15, 0.2) is 0 Å². The molecule has 168 valence electrons. The fourth-order valence-electron chi connectivity index (χ4n) is 3.23. The van der Waals surface area contributed by atoms with Crippen LogP contribution in [0.15, 0.2) is 59.8 Å². The number of aromatic amines is 2. The zero-order chi connectivity index (χ0) is 22.6. The van der Waals surface area contributed by atoms with E-state index in [0.717, 1.165) is 22.3 Å². The van der Waals surface area contributed by atoms with Crippen LogP contribution in [0.2, 0.25) is 0 Å². The Morgan fingerprint density at radius 1 is 1.22 bits per heavy atom. The third-order valence-electron chi connectivity index (χ3n) is 4.92. The smallest absolute Gasteiger partial charge is 0.265 e. The van der Waals surface area contributed by atoms with Crippen LogP contribution < -0.4 is 14.8 Å². The normalized spacial score (nSPS) is 12.7. The van der Waals surface area contributed by atoms with E-state index in [-0.39, 0.29) is 4.90 Å². The minimum atomic E-state index is -3.74. The number of aryl methyl sites for hydroxylation is 1. The van der Waals surface area contributed by atoms with Gasteiger partial charge in [-0.1, -0.05) is 12.1 Å². The summed E-state index contributed by atoms with van der Waals surface area (Å²) in [6, 6.07) is 12.4. The fourth-order valence-corrected chi connectivity index (χ4v) is 4.19. The van der Waals surface area contributed by atoms with E-state index in [9.17, 15) is 13.5 Å². The molecule has 0 aliphatic carbocycles. The van der Waals surface area contributed by atoms with Crippen LogP contribution in [0.25, 0.3) is 10.9 Å². The SMILES string of the molecule is Cc1n[nH]c2cc(OCCNC[C@H](O)c3cccc(NS(=O)(=O)c4cn[nH]c4)c3)ccc12. The number of benzene rings is 2. The van der Waals surface area contributed by atoms with Crippen molar-refractivity contribution in [3.63, 3.8) is 0 Å². The summed E-state index contributed by atoms with van der Waals surface area (Å²) in [4.78, 5) is 0.0342. The van der Waals surface area contributed by atoms with Crippen LogP contribution in [0, 0.1) is 6.92 Å². The topological polar surface area (TPSA) is 145 Å². The van der Waals surface area contributed by atoms with Gasteiger partial charge in [-0.2, -0.15) is 10.2 Å². The van der Waals surface area contributed by atoms with E-state index in [4.69, 9.17) is 4.74 Å². The molecule has 0 aliphatic rings. The number of hydrogen-bond acceptors (Lipinski definition) is 7. The van der Waals surface area contributed by atoms with E-state index in [1.807, 2.05) is 25.1 Å². The minimum Gasteiger partial charge on any atom is -0.492 e. The summed E-state index contributed by atoms with van der Waals surface area (Å²) in [5.74, 6) is 0.737. The van der Waals surface area contributed by atoms with Gasteiger partial charge < -0.3 is 15.2 Å². The van der Waals surface area contributed by atoms with Crippen molar-refractivity contribution in [1.29, 1.82) is 0 Å². The molecule has 0 saturated heterocycles. The molecule has 0 aliphatic heterocycles. The Labute approximate surface area is 185 Å². The van der Waals surface area contributed by atoms with Crippen molar-refractivity contribution in [2.24, 2.45) is 0 Å². The summed E-state index contributed by atoms with van der Waals surface area (Å²) in [6.07, 6.45) is 1.71. The molecule has 2 aromatic heterocycles. The monoisotopic (exact) mass is 456 g/mol. The standard InChI is InChI=1S/C21H24N6O4S/c1-14-19-6-5-17(10-20(19)26-25-14)31-8-7-22-13-21(28)15-3-2-4-16(9-15)27-32(29,30)18-11-23-24-12-18/h2-6,9-12,21-22,27-28H,7-8,13H2,1H3,(H,23,24)(H,25,26)/t21-/m0/s1. The van der Waals surface area contributed by atoms with E-state index in [2.05, 4.69) is 30.4 Å². The van der Waals surface area contributed by atoms with Gasteiger partial charge in [0.05, 0.1) is 23.5 Å². The number of fused-ring (bicyclic) bond motifs is 1. The van der Waals surface area contributed by atoms with E-state index in [1.165, 1.54) is 12.4 Å². The maximum atomic E-state index is 12.3. The number of aliphatic hydroxyl groups excluding tert-OH is 1. The summed E-state index contributed by atoms with van der Waals surface area (Å²) in [6.45, 7) is 3.19. The molecule has 2 heterocycles. The molecule has 1 atom stereocenters. The summed E-state index contributed by atoms with van der Waals surface area (Å²) in [5.41, 5.74) is 2.81. The quantitative estimate of drug-likeness (QED) is 0.230. The van der Waals surface area contributed by atoms with Crippen molar-refractivity contribution in [2.45, 2.75) is 17.9 Å². The van der Waals surface area contributed by atoms with Gasteiger partial charge in [0.25, 0.3) is 10.0 Å². The van der Waals surface area contributed by atoms with Crippen LogP contribution in [0.3, 0.4) is 0 Å². The molecule has 11 heteroatoms. The average molecular weight is 457 g/mol. The largest absolute Gasteiger partial charge is 0.492 e. The average Bonchev–Trinajstić information content (AvgIpc) is 3.44. The van der Waals surface area contributed by atoms with Crippen molar-refractivity contribution in [3.8, 4) is 5.75 Å². The molecule has 4 rings (SSSR count). The number of H-pyrrole nitrogens is 2. The molecule has 32 heavy (non-hydrogen) atoms. The Morgan fingerprint density at radius 3 is 2.91 bits per heavy atom. The van der Waals surface area contributed by atoms with Crippen LogP contribution in [-0.4, -0.2) is 53.6 Å². The van der Waals surface area contributed by atoms with Gasteiger partial charge >= 0.3 is 0 Å². The van der Waals surface area contributed by atoms with Gasteiger partial charge in [0.1, 0.15) is 17.3 Å².